The Morgan fingerprint density at radius 2 is 1.82 bits per heavy atom. The minimum absolute atomic E-state index is 0.0144. The summed E-state index contributed by atoms with van der Waals surface area (Å²) in [6.45, 7) is 0.0171. The lowest BCUT2D eigenvalue weighted by Crippen LogP contribution is -2.13. The van der Waals surface area contributed by atoms with E-state index >= 15 is 0 Å². The van der Waals surface area contributed by atoms with Crippen LogP contribution in [0.4, 0.5) is 5.69 Å². The van der Waals surface area contributed by atoms with E-state index in [0.717, 1.165) is 6.42 Å². The number of oxime groups is 1. The van der Waals surface area contributed by atoms with E-state index in [4.69, 9.17) is 10.6 Å². The Morgan fingerprint density at radius 1 is 1.14 bits per heavy atom. The fourth-order valence-corrected chi connectivity index (χ4v) is 1.96. The molecule has 0 aliphatic rings. The summed E-state index contributed by atoms with van der Waals surface area (Å²) in [6, 6.07) is 16.3. The fourth-order valence-electron chi connectivity index (χ4n) is 1.96. The smallest absolute Gasteiger partial charge is 0.276 e. The predicted molar refractivity (Wildman–Crippen MR) is 84.3 cm³/mol. The maximum Gasteiger partial charge on any atom is 0.276 e. The van der Waals surface area contributed by atoms with E-state index in [1.165, 1.54) is 11.6 Å². The topological polar surface area (TPSA) is 90.8 Å². The lowest BCUT2D eigenvalue weighted by atomic mass is 10.1. The molecule has 2 rings (SSSR count). The molecular weight excluding hydrogens is 282 g/mol. The molecular formula is C16H17N3O3. The first-order valence-corrected chi connectivity index (χ1v) is 6.87. The van der Waals surface area contributed by atoms with Gasteiger partial charge in [-0.1, -0.05) is 47.6 Å². The van der Waals surface area contributed by atoms with Gasteiger partial charge >= 0.3 is 0 Å². The van der Waals surface area contributed by atoms with Crippen LogP contribution in [0.3, 0.4) is 0 Å². The molecule has 0 fully saturated rings. The average molecular weight is 299 g/mol. The molecule has 0 bridgehead atoms. The third-order valence-corrected chi connectivity index (χ3v) is 3.10. The normalized spacial score (nSPS) is 11.2. The number of aryl methyl sites for hydroxylation is 1. The summed E-state index contributed by atoms with van der Waals surface area (Å²) in [5, 5.41) is 14.7. The Balaban J connectivity index is 1.85. The highest BCUT2D eigenvalue weighted by Crippen LogP contribution is 2.18. The predicted octanol–water partition coefficient (Wildman–Crippen LogP) is 3.02. The number of hydrogen-bond donors (Lipinski definition) is 1. The minimum Gasteiger partial charge on any atom is -0.389 e. The standard InChI is InChI=1S/C16H17N3O3/c17-16(11-10-13-6-2-1-3-7-13)18-22-12-14-8-4-5-9-15(14)19(20)21/h1-9H,10-12H2,(H2,17,18). The molecule has 0 radical (unpaired) electrons. The number of nitrogens with two attached hydrogens (primary N) is 1. The van der Waals surface area contributed by atoms with Crippen LogP contribution >= 0.6 is 0 Å². The molecule has 0 unspecified atom stereocenters. The van der Waals surface area contributed by atoms with Crippen LogP contribution in [0.5, 0.6) is 0 Å². The van der Waals surface area contributed by atoms with Gasteiger partial charge in [0.05, 0.1) is 10.5 Å². The quantitative estimate of drug-likeness (QED) is 0.368. The molecule has 2 N–H and O–H groups in total. The molecule has 0 aliphatic carbocycles. The zero-order valence-electron chi connectivity index (χ0n) is 12.0. The number of hydrogen-bond acceptors (Lipinski definition) is 4. The van der Waals surface area contributed by atoms with E-state index in [1.807, 2.05) is 30.3 Å². The van der Waals surface area contributed by atoms with Gasteiger partial charge < -0.3 is 10.6 Å². The van der Waals surface area contributed by atoms with E-state index in [1.54, 1.807) is 18.2 Å². The van der Waals surface area contributed by atoms with Crippen LogP contribution in [0.15, 0.2) is 59.8 Å². The number of nitrogens with zero attached hydrogens (tertiary/aromatic N) is 2. The van der Waals surface area contributed by atoms with Crippen molar-refractivity contribution in [3.63, 3.8) is 0 Å². The van der Waals surface area contributed by atoms with Gasteiger partial charge in [0.25, 0.3) is 5.69 Å². The van der Waals surface area contributed by atoms with Gasteiger partial charge in [-0.25, -0.2) is 0 Å². The van der Waals surface area contributed by atoms with Crippen molar-refractivity contribution in [2.45, 2.75) is 19.4 Å². The maximum absolute atomic E-state index is 10.9. The number of amidine groups is 1. The molecule has 6 nitrogen and oxygen atoms in total. The lowest BCUT2D eigenvalue weighted by molar-refractivity contribution is -0.386. The first kappa shape index (κ1) is 15.5. The Labute approximate surface area is 128 Å². The largest absolute Gasteiger partial charge is 0.389 e. The van der Waals surface area contributed by atoms with Crippen LogP contribution in [0.25, 0.3) is 0 Å². The van der Waals surface area contributed by atoms with E-state index in [-0.39, 0.29) is 12.3 Å². The molecule has 114 valence electrons. The molecule has 2 aromatic carbocycles. The minimum atomic E-state index is -0.443. The first-order chi connectivity index (χ1) is 10.7. The van der Waals surface area contributed by atoms with E-state index in [0.29, 0.717) is 17.8 Å². The molecule has 22 heavy (non-hydrogen) atoms. The van der Waals surface area contributed by atoms with Gasteiger partial charge in [-0.05, 0) is 18.1 Å². The Bertz CT molecular complexity index is 657. The van der Waals surface area contributed by atoms with Crippen LogP contribution in [0.2, 0.25) is 0 Å². The van der Waals surface area contributed by atoms with Gasteiger partial charge in [-0.2, -0.15) is 0 Å². The second-order valence-corrected chi connectivity index (χ2v) is 4.73. The summed E-state index contributed by atoms with van der Waals surface area (Å²) >= 11 is 0. The van der Waals surface area contributed by atoms with Crippen LogP contribution in [-0.4, -0.2) is 10.8 Å². The third kappa shape index (κ3) is 4.59. The average Bonchev–Trinajstić information content (AvgIpc) is 2.54. The second kappa shape index (κ2) is 7.78. The zero-order chi connectivity index (χ0) is 15.8. The van der Waals surface area contributed by atoms with Crippen LogP contribution in [0, 0.1) is 10.1 Å². The van der Waals surface area contributed by atoms with Crippen molar-refractivity contribution in [3.05, 3.63) is 75.8 Å². The SMILES string of the molecule is N/C(CCc1ccccc1)=N\OCc1ccccc1[N+](=O)[O-]. The summed E-state index contributed by atoms with van der Waals surface area (Å²) in [4.78, 5) is 15.5. The van der Waals surface area contributed by atoms with Crippen molar-refractivity contribution in [2.24, 2.45) is 10.9 Å². The van der Waals surface area contributed by atoms with Crippen LogP contribution in [0.1, 0.15) is 17.5 Å². The Morgan fingerprint density at radius 3 is 2.55 bits per heavy atom. The molecule has 0 heterocycles. The number of nitro groups is 1. The van der Waals surface area contributed by atoms with Crippen molar-refractivity contribution in [1.82, 2.24) is 0 Å². The molecule has 0 spiro atoms. The van der Waals surface area contributed by atoms with Crippen LogP contribution in [-0.2, 0) is 17.9 Å². The summed E-state index contributed by atoms with van der Waals surface area (Å²) < 4.78 is 0. The highest BCUT2D eigenvalue weighted by molar-refractivity contribution is 5.79. The zero-order valence-corrected chi connectivity index (χ0v) is 12.0. The van der Waals surface area contributed by atoms with Crippen molar-refractivity contribution in [2.75, 3.05) is 0 Å². The number of nitro benzene ring substituents is 1. The first-order valence-electron chi connectivity index (χ1n) is 6.87. The van der Waals surface area contributed by atoms with Crippen molar-refractivity contribution in [3.8, 4) is 0 Å². The van der Waals surface area contributed by atoms with Gasteiger partial charge in [0, 0.05) is 12.5 Å². The summed E-state index contributed by atoms with van der Waals surface area (Å²) in [6.07, 6.45) is 1.34. The number of rotatable bonds is 7. The summed E-state index contributed by atoms with van der Waals surface area (Å²) in [5.74, 6) is 0.363. The maximum atomic E-state index is 10.9. The van der Waals surface area contributed by atoms with E-state index in [9.17, 15) is 10.1 Å². The Kier molecular flexibility index (Phi) is 5.48. The monoisotopic (exact) mass is 299 g/mol. The molecule has 0 saturated carbocycles. The van der Waals surface area contributed by atoms with Gasteiger partial charge in [0.15, 0.2) is 0 Å². The van der Waals surface area contributed by atoms with Gasteiger partial charge in [-0.15, -0.1) is 0 Å². The molecule has 6 heteroatoms. The van der Waals surface area contributed by atoms with E-state index in [2.05, 4.69) is 5.16 Å². The highest BCUT2D eigenvalue weighted by Gasteiger charge is 2.12. The van der Waals surface area contributed by atoms with Crippen molar-refractivity contribution >= 4 is 11.5 Å². The molecule has 0 saturated heterocycles. The second-order valence-electron chi connectivity index (χ2n) is 4.73. The van der Waals surface area contributed by atoms with Gasteiger partial charge in [-0.3, -0.25) is 10.1 Å². The lowest BCUT2D eigenvalue weighted by Gasteiger charge is -2.04. The molecule has 0 aromatic heterocycles. The van der Waals surface area contributed by atoms with Gasteiger partial charge in [0.2, 0.25) is 0 Å². The third-order valence-electron chi connectivity index (χ3n) is 3.10. The number of benzene rings is 2. The summed E-state index contributed by atoms with van der Waals surface area (Å²) in [7, 11) is 0. The van der Waals surface area contributed by atoms with Gasteiger partial charge in [0.1, 0.15) is 12.4 Å². The molecule has 0 aliphatic heterocycles. The van der Waals surface area contributed by atoms with Crippen LogP contribution < -0.4 is 5.73 Å². The van der Waals surface area contributed by atoms with E-state index < -0.39 is 4.92 Å². The molecule has 0 amide bonds. The molecule has 2 aromatic rings. The molecule has 0 atom stereocenters. The van der Waals surface area contributed by atoms with Crippen molar-refractivity contribution < 1.29 is 9.76 Å². The fraction of sp³-hybridized carbons (Fsp3) is 0.188. The Hall–Kier alpha value is -2.89. The highest BCUT2D eigenvalue weighted by atomic mass is 16.6. The van der Waals surface area contributed by atoms with Crippen molar-refractivity contribution in [1.29, 1.82) is 0 Å². The summed E-state index contributed by atoms with van der Waals surface area (Å²) in [5.41, 5.74) is 7.42. The number of para-hydroxylation sites is 1.